The predicted molar refractivity (Wildman–Crippen MR) is 155 cm³/mol. The lowest BCUT2D eigenvalue weighted by Gasteiger charge is -2.35. The van der Waals surface area contributed by atoms with Crippen LogP contribution in [0.25, 0.3) is 34.0 Å². The first-order valence-corrected chi connectivity index (χ1v) is 16.0. The number of aliphatic hydroxyl groups is 1. The van der Waals surface area contributed by atoms with E-state index in [1.165, 1.54) is 19.1 Å². The van der Waals surface area contributed by atoms with E-state index in [0.717, 1.165) is 37.0 Å². The Morgan fingerprint density at radius 2 is 1.65 bits per heavy atom. The van der Waals surface area contributed by atoms with E-state index < -0.39 is 27.8 Å². The number of aliphatic hydroxyl groups excluding tert-OH is 1. The van der Waals surface area contributed by atoms with Crippen molar-refractivity contribution >= 4 is 32.5 Å². The number of nitrogens with zero attached hydrogens (tertiary/aromatic N) is 5. The summed E-state index contributed by atoms with van der Waals surface area (Å²) in [5, 5.41) is 23.3. The van der Waals surface area contributed by atoms with Gasteiger partial charge < -0.3 is 23.7 Å². The van der Waals surface area contributed by atoms with E-state index in [1.54, 1.807) is 35.2 Å². The number of fused-ring (bicyclic) bond motifs is 1. The number of primary sulfonamides is 1. The lowest BCUT2D eigenvalue weighted by molar-refractivity contribution is -0.0221. The molecule has 2 aliphatic heterocycles. The van der Waals surface area contributed by atoms with E-state index in [9.17, 15) is 22.3 Å². The largest absolute Gasteiger partial charge is 0.460 e. The summed E-state index contributed by atoms with van der Waals surface area (Å²) in [5.41, 5.74) is 3.00. The summed E-state index contributed by atoms with van der Waals surface area (Å²) < 4.78 is 64.0. The van der Waals surface area contributed by atoms with E-state index in [4.69, 9.17) is 19.0 Å². The molecule has 1 spiro atoms. The van der Waals surface area contributed by atoms with Crippen LogP contribution in [-0.4, -0.2) is 67.4 Å². The van der Waals surface area contributed by atoms with Crippen molar-refractivity contribution < 1.29 is 31.1 Å². The summed E-state index contributed by atoms with van der Waals surface area (Å²) in [7, 11) is -4.05. The normalized spacial score (nSPS) is 20.6. The Bertz CT molecular complexity index is 1770. The van der Waals surface area contributed by atoms with E-state index >= 15 is 0 Å². The Balaban J connectivity index is 1.25. The van der Waals surface area contributed by atoms with Crippen LogP contribution in [0.1, 0.15) is 49.3 Å². The van der Waals surface area contributed by atoms with Gasteiger partial charge in [0.15, 0.2) is 11.4 Å². The van der Waals surface area contributed by atoms with Crippen molar-refractivity contribution in [1.29, 1.82) is 0 Å². The maximum atomic E-state index is 13.9. The highest BCUT2D eigenvalue weighted by atomic mass is 32.2. The molecule has 1 unspecified atom stereocenters. The van der Waals surface area contributed by atoms with Crippen LogP contribution < -0.4 is 14.9 Å². The van der Waals surface area contributed by atoms with Crippen molar-refractivity contribution in [3.05, 3.63) is 42.2 Å². The van der Waals surface area contributed by atoms with E-state index in [2.05, 4.69) is 15.1 Å². The van der Waals surface area contributed by atoms with E-state index in [1.807, 2.05) is 0 Å². The smallest absolute Gasteiger partial charge is 0.266 e. The van der Waals surface area contributed by atoms with Gasteiger partial charge in [-0.05, 0) is 60.9 Å². The van der Waals surface area contributed by atoms with Crippen LogP contribution >= 0.6 is 0 Å². The highest BCUT2D eigenvalue weighted by molar-refractivity contribution is 7.89. The van der Waals surface area contributed by atoms with Gasteiger partial charge in [-0.15, -0.1) is 10.2 Å². The first-order chi connectivity index (χ1) is 20.5. The second-order valence-electron chi connectivity index (χ2n) is 11.9. The van der Waals surface area contributed by atoms with Crippen LogP contribution in [0.15, 0.2) is 45.4 Å². The molecule has 0 bridgehead atoms. The van der Waals surface area contributed by atoms with Crippen LogP contribution in [0.3, 0.4) is 0 Å². The van der Waals surface area contributed by atoms with Crippen molar-refractivity contribution in [2.24, 2.45) is 10.6 Å². The Morgan fingerprint density at radius 1 is 0.953 bits per heavy atom. The van der Waals surface area contributed by atoms with Gasteiger partial charge in [-0.25, -0.2) is 27.3 Å². The summed E-state index contributed by atoms with van der Waals surface area (Å²) in [4.78, 5) is 8.67. The quantitative estimate of drug-likeness (QED) is 0.305. The number of rotatable bonds is 7. The fraction of sp³-hybridized carbons (Fsp3) is 0.483. The van der Waals surface area contributed by atoms with E-state index in [0.29, 0.717) is 33.6 Å². The molecular weight excluding hydrogens is 582 g/mol. The average Bonchev–Trinajstić information content (AvgIpc) is 3.34. The van der Waals surface area contributed by atoms with Gasteiger partial charge in [0.2, 0.25) is 15.9 Å². The summed E-state index contributed by atoms with van der Waals surface area (Å²) in [5.74, 6) is -1.90. The van der Waals surface area contributed by atoms with Crippen LogP contribution in [0.4, 0.5) is 20.3 Å². The zero-order chi connectivity index (χ0) is 30.0. The number of pyridine rings is 1. The fourth-order valence-corrected chi connectivity index (χ4v) is 6.99. The highest BCUT2D eigenvalue weighted by Crippen LogP contribution is 2.54. The molecule has 3 fully saturated rings. The number of aromatic nitrogens is 3. The average molecular weight is 615 g/mol. The van der Waals surface area contributed by atoms with Gasteiger partial charge in [0, 0.05) is 50.1 Å². The molecule has 1 atom stereocenters. The monoisotopic (exact) mass is 614 g/mol. The zero-order valence-corrected chi connectivity index (χ0v) is 24.2. The third-order valence-electron chi connectivity index (χ3n) is 9.16. The first kappa shape index (κ1) is 28.2. The highest BCUT2D eigenvalue weighted by Gasteiger charge is 2.45. The summed E-state index contributed by atoms with van der Waals surface area (Å²) in [6.07, 6.45) is 5.50. The Hall–Kier alpha value is -3.62. The first-order valence-electron chi connectivity index (χ1n) is 14.4. The summed E-state index contributed by atoms with van der Waals surface area (Å²) >= 11 is 0. The number of hydrogen-bond acceptors (Lipinski definition) is 10. The van der Waals surface area contributed by atoms with Crippen molar-refractivity contribution in [2.45, 2.75) is 49.7 Å². The third kappa shape index (κ3) is 5.36. The third-order valence-corrected chi connectivity index (χ3v) is 10.4. The molecule has 2 saturated heterocycles. The van der Waals surface area contributed by atoms with Crippen molar-refractivity contribution in [3.63, 3.8) is 0 Å². The maximum Gasteiger partial charge on any atom is 0.266 e. The Labute approximate surface area is 246 Å². The molecular formula is C29H32F2N6O5S. The van der Waals surface area contributed by atoms with Crippen molar-refractivity contribution in [2.75, 3.05) is 42.6 Å². The number of nitrogens with two attached hydrogens (primary N) is 1. The van der Waals surface area contributed by atoms with Crippen LogP contribution in [-0.2, 0) is 10.0 Å². The molecule has 11 nitrogen and oxygen atoms in total. The standard InChI is InChI=1S/C29H32F2N6O5S/c30-29(31)8-12-37(13-9-29)25-24-19(3-14-41-24)15-21(33-25)27-35-34-26(42-27)20-2-1-18(23(17-38)43(32,39)40)16-22(20)36-10-6-28(4-5-28)7-11-36/h1-3,14-16,23,38H,4-13,17H2,(H2,32,39,40). The fourth-order valence-electron chi connectivity index (χ4n) is 6.25. The molecule has 7 rings (SSSR count). The molecule has 3 N–H and O–H groups in total. The molecule has 1 saturated carbocycles. The maximum absolute atomic E-state index is 13.9. The molecule has 0 amide bonds. The van der Waals surface area contributed by atoms with Gasteiger partial charge in [-0.3, -0.25) is 0 Å². The van der Waals surface area contributed by atoms with Crippen molar-refractivity contribution in [1.82, 2.24) is 15.2 Å². The minimum absolute atomic E-state index is 0.133. The second kappa shape index (κ2) is 10.2. The van der Waals surface area contributed by atoms with Crippen LogP contribution in [0, 0.1) is 5.41 Å². The van der Waals surface area contributed by atoms with Gasteiger partial charge in [0.05, 0.1) is 18.4 Å². The summed E-state index contributed by atoms with van der Waals surface area (Å²) in [6, 6.07) is 8.56. The molecule has 14 heteroatoms. The van der Waals surface area contributed by atoms with Gasteiger partial charge in [0.1, 0.15) is 10.9 Å². The topological polar surface area (TPSA) is 152 Å². The zero-order valence-electron chi connectivity index (χ0n) is 23.4. The number of hydrogen-bond donors (Lipinski definition) is 2. The lowest BCUT2D eigenvalue weighted by Crippen LogP contribution is -2.39. The van der Waals surface area contributed by atoms with Gasteiger partial charge >= 0.3 is 0 Å². The second-order valence-corrected chi connectivity index (χ2v) is 13.7. The Morgan fingerprint density at radius 3 is 2.33 bits per heavy atom. The molecule has 3 aliphatic rings. The summed E-state index contributed by atoms with van der Waals surface area (Å²) in [6.45, 7) is 1.19. The van der Waals surface area contributed by atoms with Crippen molar-refractivity contribution in [3.8, 4) is 23.0 Å². The molecule has 5 heterocycles. The number of piperidine rings is 2. The predicted octanol–water partition coefficient (Wildman–Crippen LogP) is 4.48. The number of halogens is 2. The molecule has 1 aromatic carbocycles. The SMILES string of the molecule is NS(=O)(=O)C(CO)c1ccc(-c2nnc(-c3cc4ccoc4c(N4CCC(F)(F)CC4)n3)o2)c(N2CCC3(CC2)CC3)c1. The van der Waals surface area contributed by atoms with Gasteiger partial charge in [-0.1, -0.05) is 6.07 Å². The number of alkyl halides is 2. The molecule has 43 heavy (non-hydrogen) atoms. The number of furan rings is 1. The number of sulfonamides is 1. The molecule has 4 aromatic rings. The molecule has 1 aliphatic carbocycles. The molecule has 3 aromatic heterocycles. The Kier molecular flexibility index (Phi) is 6.71. The van der Waals surface area contributed by atoms with E-state index in [-0.39, 0.29) is 37.7 Å². The minimum atomic E-state index is -4.05. The molecule has 228 valence electrons. The molecule has 0 radical (unpaired) electrons. The van der Waals surface area contributed by atoms with Gasteiger partial charge in [0.25, 0.3) is 11.8 Å². The van der Waals surface area contributed by atoms with Crippen LogP contribution in [0.5, 0.6) is 0 Å². The van der Waals surface area contributed by atoms with Gasteiger partial charge in [-0.2, -0.15) is 0 Å². The number of benzene rings is 1. The minimum Gasteiger partial charge on any atom is -0.460 e. The number of anilines is 2. The van der Waals surface area contributed by atoms with Crippen LogP contribution in [0.2, 0.25) is 0 Å². The lowest BCUT2D eigenvalue weighted by atomic mass is 9.92.